The van der Waals surface area contributed by atoms with Gasteiger partial charge in [-0.1, -0.05) is 19.9 Å². The Morgan fingerprint density at radius 2 is 2.24 bits per heavy atom. The van der Waals surface area contributed by atoms with Crippen LogP contribution >= 0.6 is 0 Å². The fourth-order valence-electron chi connectivity index (χ4n) is 1.64. The Labute approximate surface area is 104 Å². The van der Waals surface area contributed by atoms with Crippen LogP contribution in [0.25, 0.3) is 0 Å². The van der Waals surface area contributed by atoms with Crippen molar-refractivity contribution in [2.45, 2.75) is 26.4 Å². The molecule has 0 aliphatic heterocycles. The van der Waals surface area contributed by atoms with Crippen molar-refractivity contribution in [2.75, 3.05) is 27.2 Å². The standard InChI is InChI=1S/C13H23N3O/c1-11(2)14-8-9-16(3)10-12-6-5-7-15-13(12)17-4/h5-7,11,14H,8-10H2,1-4H3. The number of aromatic nitrogens is 1. The van der Waals surface area contributed by atoms with Gasteiger partial charge < -0.3 is 15.0 Å². The molecule has 1 aromatic rings. The minimum absolute atomic E-state index is 0.538. The van der Waals surface area contributed by atoms with Crippen molar-refractivity contribution in [3.63, 3.8) is 0 Å². The smallest absolute Gasteiger partial charge is 0.217 e. The molecule has 4 nitrogen and oxygen atoms in total. The third-order valence-corrected chi connectivity index (χ3v) is 2.53. The van der Waals surface area contributed by atoms with E-state index in [1.54, 1.807) is 13.3 Å². The van der Waals surface area contributed by atoms with Crippen molar-refractivity contribution in [1.29, 1.82) is 0 Å². The Balaban J connectivity index is 2.41. The molecule has 1 aromatic heterocycles. The Kier molecular flexibility index (Phi) is 5.94. The molecule has 4 heteroatoms. The lowest BCUT2D eigenvalue weighted by atomic mass is 10.2. The quantitative estimate of drug-likeness (QED) is 0.780. The van der Waals surface area contributed by atoms with Crippen molar-refractivity contribution >= 4 is 0 Å². The molecule has 1 heterocycles. The predicted octanol–water partition coefficient (Wildman–Crippen LogP) is 1.52. The number of nitrogens with zero attached hydrogens (tertiary/aromatic N) is 2. The molecule has 0 saturated carbocycles. The number of nitrogens with one attached hydrogen (secondary N) is 1. The number of pyridine rings is 1. The van der Waals surface area contributed by atoms with Gasteiger partial charge in [0.05, 0.1) is 7.11 Å². The molecule has 0 spiro atoms. The van der Waals surface area contributed by atoms with Crippen LogP contribution in [-0.4, -0.2) is 43.2 Å². The zero-order valence-corrected chi connectivity index (χ0v) is 11.2. The predicted molar refractivity (Wildman–Crippen MR) is 70.3 cm³/mol. The Hall–Kier alpha value is -1.13. The van der Waals surface area contributed by atoms with Crippen LogP contribution in [0, 0.1) is 0 Å². The van der Waals surface area contributed by atoms with Crippen molar-refractivity contribution in [2.24, 2.45) is 0 Å². The van der Waals surface area contributed by atoms with E-state index in [0.717, 1.165) is 31.1 Å². The van der Waals surface area contributed by atoms with E-state index < -0.39 is 0 Å². The lowest BCUT2D eigenvalue weighted by molar-refractivity contribution is 0.309. The first-order valence-electron chi connectivity index (χ1n) is 6.03. The van der Waals surface area contributed by atoms with E-state index in [2.05, 4.69) is 42.2 Å². The second-order valence-electron chi connectivity index (χ2n) is 4.52. The van der Waals surface area contributed by atoms with Gasteiger partial charge in [-0.15, -0.1) is 0 Å². The van der Waals surface area contributed by atoms with Crippen molar-refractivity contribution in [3.05, 3.63) is 23.9 Å². The fraction of sp³-hybridized carbons (Fsp3) is 0.615. The van der Waals surface area contributed by atoms with Gasteiger partial charge in [0.2, 0.25) is 5.88 Å². The molecule has 0 amide bonds. The first-order chi connectivity index (χ1) is 8.13. The number of hydrogen-bond acceptors (Lipinski definition) is 4. The normalized spacial score (nSPS) is 11.2. The molecule has 0 radical (unpaired) electrons. The van der Waals surface area contributed by atoms with Gasteiger partial charge in [0.15, 0.2) is 0 Å². The van der Waals surface area contributed by atoms with Crippen molar-refractivity contribution in [3.8, 4) is 5.88 Å². The summed E-state index contributed by atoms with van der Waals surface area (Å²) in [7, 11) is 3.76. The second-order valence-corrected chi connectivity index (χ2v) is 4.52. The van der Waals surface area contributed by atoms with Crippen LogP contribution < -0.4 is 10.1 Å². The summed E-state index contributed by atoms with van der Waals surface area (Å²) in [5.74, 6) is 0.719. The molecule has 0 aliphatic carbocycles. The van der Waals surface area contributed by atoms with E-state index in [-0.39, 0.29) is 0 Å². The molecule has 0 bridgehead atoms. The minimum Gasteiger partial charge on any atom is -0.481 e. The van der Waals surface area contributed by atoms with Crippen LogP contribution in [0.3, 0.4) is 0 Å². The number of ether oxygens (including phenoxy) is 1. The molecule has 1 N–H and O–H groups in total. The van der Waals surface area contributed by atoms with Gasteiger partial charge in [-0.3, -0.25) is 0 Å². The van der Waals surface area contributed by atoms with Gasteiger partial charge in [-0.25, -0.2) is 4.98 Å². The van der Waals surface area contributed by atoms with Crippen LogP contribution in [0.1, 0.15) is 19.4 Å². The number of hydrogen-bond donors (Lipinski definition) is 1. The summed E-state index contributed by atoms with van der Waals surface area (Å²) in [5, 5.41) is 3.40. The van der Waals surface area contributed by atoms with Gasteiger partial charge in [0.25, 0.3) is 0 Å². The van der Waals surface area contributed by atoms with Crippen LogP contribution in [0.4, 0.5) is 0 Å². The Morgan fingerprint density at radius 1 is 1.47 bits per heavy atom. The van der Waals surface area contributed by atoms with E-state index in [0.29, 0.717) is 6.04 Å². The van der Waals surface area contributed by atoms with E-state index in [9.17, 15) is 0 Å². The van der Waals surface area contributed by atoms with E-state index >= 15 is 0 Å². The molecule has 96 valence electrons. The van der Waals surface area contributed by atoms with Gasteiger partial charge in [-0.2, -0.15) is 0 Å². The van der Waals surface area contributed by atoms with E-state index in [1.165, 1.54) is 0 Å². The number of methoxy groups -OCH3 is 1. The summed E-state index contributed by atoms with van der Waals surface area (Å²) >= 11 is 0. The zero-order chi connectivity index (χ0) is 12.7. The lowest BCUT2D eigenvalue weighted by Gasteiger charge is -2.18. The maximum atomic E-state index is 5.24. The summed E-state index contributed by atoms with van der Waals surface area (Å²) in [6.07, 6.45) is 1.75. The zero-order valence-electron chi connectivity index (χ0n) is 11.2. The highest BCUT2D eigenvalue weighted by atomic mass is 16.5. The summed E-state index contributed by atoms with van der Waals surface area (Å²) in [6, 6.07) is 4.53. The molecule has 0 unspecified atom stereocenters. The summed E-state index contributed by atoms with van der Waals surface area (Å²) in [4.78, 5) is 6.45. The molecule has 0 aliphatic rings. The van der Waals surface area contributed by atoms with E-state index in [4.69, 9.17) is 4.74 Å². The molecule has 0 aromatic carbocycles. The second kappa shape index (κ2) is 7.25. The fourth-order valence-corrected chi connectivity index (χ4v) is 1.64. The molecule has 17 heavy (non-hydrogen) atoms. The molecular formula is C13H23N3O. The van der Waals surface area contributed by atoms with Crippen molar-refractivity contribution < 1.29 is 4.74 Å². The highest BCUT2D eigenvalue weighted by molar-refractivity contribution is 5.24. The van der Waals surface area contributed by atoms with Gasteiger partial charge in [0.1, 0.15) is 0 Å². The number of rotatable bonds is 7. The topological polar surface area (TPSA) is 37.4 Å². The molecule has 0 saturated heterocycles. The highest BCUT2D eigenvalue weighted by Gasteiger charge is 2.06. The monoisotopic (exact) mass is 237 g/mol. The molecule has 1 rings (SSSR count). The van der Waals surface area contributed by atoms with Crippen LogP contribution in [0.15, 0.2) is 18.3 Å². The van der Waals surface area contributed by atoms with Crippen molar-refractivity contribution in [1.82, 2.24) is 15.2 Å². The first-order valence-corrected chi connectivity index (χ1v) is 6.03. The van der Waals surface area contributed by atoms with Gasteiger partial charge >= 0.3 is 0 Å². The van der Waals surface area contributed by atoms with E-state index in [1.807, 2.05) is 6.07 Å². The summed E-state index contributed by atoms with van der Waals surface area (Å²) < 4.78 is 5.24. The van der Waals surface area contributed by atoms with Gasteiger partial charge in [0, 0.05) is 37.4 Å². The Bertz CT molecular complexity index is 328. The maximum Gasteiger partial charge on any atom is 0.217 e. The summed E-state index contributed by atoms with van der Waals surface area (Å²) in [6.45, 7) is 7.18. The van der Waals surface area contributed by atoms with Crippen LogP contribution in [0.5, 0.6) is 5.88 Å². The number of likely N-dealkylation sites (N-methyl/N-ethyl adjacent to an activating group) is 1. The summed E-state index contributed by atoms with van der Waals surface area (Å²) in [5.41, 5.74) is 1.13. The first kappa shape index (κ1) is 13.9. The van der Waals surface area contributed by atoms with Crippen LogP contribution in [-0.2, 0) is 6.54 Å². The molecule has 0 atom stereocenters. The third kappa shape index (κ3) is 5.15. The average Bonchev–Trinajstić information content (AvgIpc) is 2.29. The maximum absolute atomic E-state index is 5.24. The average molecular weight is 237 g/mol. The minimum atomic E-state index is 0.538. The van der Waals surface area contributed by atoms with Gasteiger partial charge in [-0.05, 0) is 13.1 Å². The highest BCUT2D eigenvalue weighted by Crippen LogP contribution is 2.14. The Morgan fingerprint density at radius 3 is 2.88 bits per heavy atom. The third-order valence-electron chi connectivity index (χ3n) is 2.53. The molecular weight excluding hydrogens is 214 g/mol. The van der Waals surface area contributed by atoms with Crippen LogP contribution in [0.2, 0.25) is 0 Å². The SMILES string of the molecule is COc1ncccc1CN(C)CCNC(C)C. The lowest BCUT2D eigenvalue weighted by Crippen LogP contribution is -2.32. The molecule has 0 fully saturated rings. The largest absolute Gasteiger partial charge is 0.481 e.